The highest BCUT2D eigenvalue weighted by atomic mass is 32.2. The van der Waals surface area contributed by atoms with E-state index >= 15 is 0 Å². The highest BCUT2D eigenvalue weighted by Crippen LogP contribution is 2.32. The Labute approximate surface area is 150 Å². The van der Waals surface area contributed by atoms with Gasteiger partial charge in [0.05, 0.1) is 11.5 Å². The Morgan fingerprint density at radius 3 is 2.36 bits per heavy atom. The minimum Gasteiger partial charge on any atom is -0.331 e. The van der Waals surface area contributed by atoms with Crippen LogP contribution in [0.25, 0.3) is 0 Å². The largest absolute Gasteiger partial charge is 0.331 e. The van der Waals surface area contributed by atoms with Crippen LogP contribution in [0.4, 0.5) is 0 Å². The van der Waals surface area contributed by atoms with Gasteiger partial charge in [-0.05, 0) is 42.9 Å². The zero-order valence-electron chi connectivity index (χ0n) is 14.7. The Kier molecular flexibility index (Phi) is 5.62. The van der Waals surface area contributed by atoms with Gasteiger partial charge in [-0.1, -0.05) is 37.5 Å². The van der Waals surface area contributed by atoms with Crippen LogP contribution in [-0.4, -0.2) is 43.3 Å². The van der Waals surface area contributed by atoms with Crippen LogP contribution >= 0.6 is 0 Å². The van der Waals surface area contributed by atoms with Crippen molar-refractivity contribution in [3.8, 4) is 0 Å². The first kappa shape index (κ1) is 18.2. The van der Waals surface area contributed by atoms with E-state index in [-0.39, 0.29) is 23.5 Å². The molecule has 0 radical (unpaired) electrons. The average molecular weight is 362 g/mol. The number of carbonyl (C=O) groups is 1. The van der Waals surface area contributed by atoms with Crippen LogP contribution in [0.2, 0.25) is 0 Å². The number of nitrogens with zero attached hydrogens (tertiary/aromatic N) is 1. The van der Waals surface area contributed by atoms with Crippen molar-refractivity contribution in [1.82, 2.24) is 4.90 Å². The van der Waals surface area contributed by atoms with E-state index in [1.165, 1.54) is 37.7 Å². The summed E-state index contributed by atoms with van der Waals surface area (Å²) in [6.45, 7) is 4.09. The molecule has 0 N–H and O–H groups in total. The number of rotatable bonds is 5. The van der Waals surface area contributed by atoms with Crippen LogP contribution in [0, 0.1) is 0 Å². The molecule has 1 saturated carbocycles. The molecular weight excluding hydrogens is 334 g/mol. The molecule has 0 aromatic heterocycles. The lowest BCUT2D eigenvalue weighted by atomic mass is 9.84. The summed E-state index contributed by atoms with van der Waals surface area (Å²) in [5.74, 6) is 0.741. The fraction of sp³-hybridized carbons (Fsp3) is 0.550. The molecule has 1 unspecified atom stereocenters. The smallest absolute Gasteiger partial charge is 0.254 e. The van der Waals surface area contributed by atoms with Crippen molar-refractivity contribution in [1.29, 1.82) is 0 Å². The van der Waals surface area contributed by atoms with Gasteiger partial charge in [0.25, 0.3) is 5.91 Å². The Morgan fingerprint density at radius 1 is 1.12 bits per heavy atom. The zero-order valence-corrected chi connectivity index (χ0v) is 15.5. The van der Waals surface area contributed by atoms with E-state index in [9.17, 15) is 13.2 Å². The van der Waals surface area contributed by atoms with E-state index in [0.717, 1.165) is 0 Å². The average Bonchev–Trinajstić information content (AvgIpc) is 2.99. The van der Waals surface area contributed by atoms with Crippen LogP contribution in [0.3, 0.4) is 0 Å². The molecule has 5 heteroatoms. The highest BCUT2D eigenvalue weighted by molar-refractivity contribution is 7.91. The summed E-state index contributed by atoms with van der Waals surface area (Å²) in [6, 6.07) is 7.69. The van der Waals surface area contributed by atoms with Crippen LogP contribution in [0.5, 0.6) is 0 Å². The van der Waals surface area contributed by atoms with E-state index < -0.39 is 9.84 Å². The molecule has 0 spiro atoms. The van der Waals surface area contributed by atoms with Crippen molar-refractivity contribution in [3.05, 3.63) is 48.0 Å². The van der Waals surface area contributed by atoms with Crippen molar-refractivity contribution < 1.29 is 13.2 Å². The quantitative estimate of drug-likeness (QED) is 0.754. The normalized spacial score (nSPS) is 23.3. The Hall–Kier alpha value is -1.62. The van der Waals surface area contributed by atoms with E-state index in [1.54, 1.807) is 11.0 Å². The summed E-state index contributed by atoms with van der Waals surface area (Å²) in [4.78, 5) is 14.6. The third-order valence-corrected chi connectivity index (χ3v) is 7.22. The molecule has 1 aliphatic carbocycles. The molecule has 4 nitrogen and oxygen atoms in total. The summed E-state index contributed by atoms with van der Waals surface area (Å²) >= 11 is 0. The maximum atomic E-state index is 12.9. The standard InChI is InChI=1S/C20H27NO3S/c1-2-13-21(19-12-14-25(23,24)15-19)20(22)18-10-8-17(9-11-18)16-6-4-3-5-7-16/h2,8-11,16,19H,1,3-7,12-15H2. The molecule has 1 amide bonds. The van der Waals surface area contributed by atoms with Gasteiger partial charge in [-0.3, -0.25) is 4.79 Å². The minimum absolute atomic E-state index is 0.0622. The molecule has 0 bridgehead atoms. The summed E-state index contributed by atoms with van der Waals surface area (Å²) in [7, 11) is -3.02. The van der Waals surface area contributed by atoms with Crippen molar-refractivity contribution in [2.75, 3.05) is 18.1 Å². The second-order valence-electron chi connectivity index (χ2n) is 7.26. The lowest BCUT2D eigenvalue weighted by molar-refractivity contribution is 0.0720. The summed E-state index contributed by atoms with van der Waals surface area (Å²) in [5, 5.41) is 0. The van der Waals surface area contributed by atoms with Gasteiger partial charge in [-0.25, -0.2) is 8.42 Å². The summed E-state index contributed by atoms with van der Waals surface area (Å²) in [5.41, 5.74) is 1.95. The topological polar surface area (TPSA) is 54.5 Å². The third-order valence-electron chi connectivity index (χ3n) is 5.47. The van der Waals surface area contributed by atoms with E-state index in [4.69, 9.17) is 0 Å². The molecule has 1 aromatic carbocycles. The zero-order chi connectivity index (χ0) is 17.9. The number of sulfone groups is 1. The van der Waals surface area contributed by atoms with E-state index in [0.29, 0.717) is 24.4 Å². The van der Waals surface area contributed by atoms with Gasteiger partial charge in [-0.2, -0.15) is 0 Å². The molecule has 1 atom stereocenters. The second kappa shape index (κ2) is 7.73. The SMILES string of the molecule is C=CCN(C(=O)c1ccc(C2CCCCC2)cc1)C1CCS(=O)(=O)C1. The van der Waals surface area contributed by atoms with Crippen LogP contribution in [-0.2, 0) is 9.84 Å². The molecule has 3 rings (SSSR count). The number of hydrogen-bond donors (Lipinski definition) is 0. The lowest BCUT2D eigenvalue weighted by Gasteiger charge is -2.27. The Bertz CT molecular complexity index is 718. The highest BCUT2D eigenvalue weighted by Gasteiger charge is 2.34. The predicted molar refractivity (Wildman–Crippen MR) is 101 cm³/mol. The second-order valence-corrected chi connectivity index (χ2v) is 9.49. The molecule has 1 aliphatic heterocycles. The lowest BCUT2D eigenvalue weighted by Crippen LogP contribution is -2.41. The fourth-order valence-corrected chi connectivity index (χ4v) is 5.79. The maximum absolute atomic E-state index is 12.9. The Balaban J connectivity index is 1.74. The van der Waals surface area contributed by atoms with Crippen molar-refractivity contribution in [2.24, 2.45) is 0 Å². The molecular formula is C20H27NO3S. The molecule has 1 heterocycles. The number of hydrogen-bond acceptors (Lipinski definition) is 3. The first-order chi connectivity index (χ1) is 12.0. The number of carbonyl (C=O) groups excluding carboxylic acids is 1. The predicted octanol–water partition coefficient (Wildman–Crippen LogP) is 3.55. The van der Waals surface area contributed by atoms with Crippen LogP contribution < -0.4 is 0 Å². The Morgan fingerprint density at radius 2 is 1.80 bits per heavy atom. The third kappa shape index (κ3) is 4.32. The van der Waals surface area contributed by atoms with Gasteiger partial charge >= 0.3 is 0 Å². The van der Waals surface area contributed by atoms with E-state index in [2.05, 4.69) is 18.7 Å². The summed E-state index contributed by atoms with van der Waals surface area (Å²) < 4.78 is 23.5. The summed E-state index contributed by atoms with van der Waals surface area (Å²) in [6.07, 6.45) is 8.55. The molecule has 1 aromatic rings. The van der Waals surface area contributed by atoms with Gasteiger partial charge in [0.15, 0.2) is 9.84 Å². The van der Waals surface area contributed by atoms with Gasteiger partial charge < -0.3 is 4.90 Å². The maximum Gasteiger partial charge on any atom is 0.254 e. The van der Waals surface area contributed by atoms with Crippen molar-refractivity contribution in [2.45, 2.75) is 50.5 Å². The van der Waals surface area contributed by atoms with Crippen LogP contribution in [0.1, 0.15) is 60.4 Å². The van der Waals surface area contributed by atoms with E-state index in [1.807, 2.05) is 12.1 Å². The first-order valence-electron chi connectivity index (χ1n) is 9.22. The molecule has 2 fully saturated rings. The first-order valence-corrected chi connectivity index (χ1v) is 11.0. The molecule has 136 valence electrons. The number of amides is 1. The molecule has 25 heavy (non-hydrogen) atoms. The van der Waals surface area contributed by atoms with Gasteiger partial charge in [0, 0.05) is 18.2 Å². The monoisotopic (exact) mass is 361 g/mol. The van der Waals surface area contributed by atoms with Crippen molar-refractivity contribution in [3.63, 3.8) is 0 Å². The number of benzene rings is 1. The molecule has 2 aliphatic rings. The van der Waals surface area contributed by atoms with Crippen LogP contribution in [0.15, 0.2) is 36.9 Å². The van der Waals surface area contributed by atoms with Gasteiger partial charge in [0.2, 0.25) is 0 Å². The van der Waals surface area contributed by atoms with Gasteiger partial charge in [-0.15, -0.1) is 6.58 Å². The fourth-order valence-electron chi connectivity index (χ4n) is 4.06. The van der Waals surface area contributed by atoms with Crippen molar-refractivity contribution >= 4 is 15.7 Å². The van der Waals surface area contributed by atoms with Gasteiger partial charge in [0.1, 0.15) is 0 Å². The molecule has 1 saturated heterocycles. The minimum atomic E-state index is -3.02.